The number of hydrogen-bond donors (Lipinski definition) is 7. The Morgan fingerprint density at radius 1 is 1.03 bits per heavy atom. The molecule has 0 radical (unpaired) electrons. The fourth-order valence-electron chi connectivity index (χ4n) is 3.41. The molecule has 1 fully saturated rings. The molecular formula is C19H33N5O8. The standard InChI is InChI=1S/C19H33N5O8/c20-8-2-1-4-12(22-16(28)11(21)10-25)18(30)24-9-3-5-14(24)17(29)23-13(19(31)32)6-7-15(26)27/h11-14,25H,1-10,20-21H2,(H,22,28)(H,23,29)(H,26,27)(H,31,32). The Morgan fingerprint density at radius 2 is 1.72 bits per heavy atom. The van der Waals surface area contributed by atoms with Crippen molar-refractivity contribution in [1.29, 1.82) is 0 Å². The van der Waals surface area contributed by atoms with Gasteiger partial charge in [-0.1, -0.05) is 0 Å². The zero-order valence-corrected chi connectivity index (χ0v) is 17.9. The molecule has 1 saturated heterocycles. The van der Waals surface area contributed by atoms with Gasteiger partial charge in [-0.15, -0.1) is 0 Å². The number of amides is 3. The highest BCUT2D eigenvalue weighted by Gasteiger charge is 2.39. The number of aliphatic hydroxyl groups excluding tert-OH is 1. The average molecular weight is 460 g/mol. The van der Waals surface area contributed by atoms with Gasteiger partial charge in [0, 0.05) is 13.0 Å². The molecule has 32 heavy (non-hydrogen) atoms. The van der Waals surface area contributed by atoms with Gasteiger partial charge in [0.05, 0.1) is 6.61 Å². The van der Waals surface area contributed by atoms with Crippen molar-refractivity contribution < 1.29 is 39.3 Å². The van der Waals surface area contributed by atoms with Gasteiger partial charge in [0.15, 0.2) is 0 Å². The molecule has 4 atom stereocenters. The molecule has 182 valence electrons. The summed E-state index contributed by atoms with van der Waals surface area (Å²) in [5.41, 5.74) is 11.0. The second kappa shape index (κ2) is 13.6. The SMILES string of the molecule is NCCCCC(NC(=O)C(N)CO)C(=O)N1CCCC1C(=O)NC(CCC(=O)O)C(=O)O. The van der Waals surface area contributed by atoms with Crippen LogP contribution in [0.15, 0.2) is 0 Å². The number of carboxylic acid groups (broad SMARTS) is 2. The van der Waals surface area contributed by atoms with Crippen LogP contribution in [0, 0.1) is 0 Å². The molecule has 0 aromatic carbocycles. The maximum Gasteiger partial charge on any atom is 0.326 e. The number of aliphatic carboxylic acids is 2. The Kier molecular flexibility index (Phi) is 11.6. The Hall–Kier alpha value is -2.77. The van der Waals surface area contributed by atoms with Crippen LogP contribution in [-0.2, 0) is 24.0 Å². The van der Waals surface area contributed by atoms with Crippen molar-refractivity contribution in [2.75, 3.05) is 19.7 Å². The average Bonchev–Trinajstić information content (AvgIpc) is 3.24. The van der Waals surface area contributed by atoms with Crippen molar-refractivity contribution in [3.8, 4) is 0 Å². The number of carbonyl (C=O) groups excluding carboxylic acids is 3. The summed E-state index contributed by atoms with van der Waals surface area (Å²) < 4.78 is 0. The van der Waals surface area contributed by atoms with Gasteiger partial charge in [-0.2, -0.15) is 0 Å². The molecule has 0 saturated carbocycles. The highest BCUT2D eigenvalue weighted by molar-refractivity contribution is 5.94. The van der Waals surface area contributed by atoms with E-state index in [9.17, 15) is 29.1 Å². The maximum atomic E-state index is 13.1. The number of aliphatic hydroxyl groups is 1. The van der Waals surface area contributed by atoms with Crippen molar-refractivity contribution in [3.63, 3.8) is 0 Å². The van der Waals surface area contributed by atoms with Crippen molar-refractivity contribution in [3.05, 3.63) is 0 Å². The molecule has 0 bridgehead atoms. The normalized spacial score (nSPS) is 18.5. The Bertz CT molecular complexity index is 689. The first-order valence-corrected chi connectivity index (χ1v) is 10.5. The number of hydrogen-bond acceptors (Lipinski definition) is 8. The number of likely N-dealkylation sites (tertiary alicyclic amines) is 1. The van der Waals surface area contributed by atoms with E-state index < -0.39 is 66.9 Å². The summed E-state index contributed by atoms with van der Waals surface area (Å²) in [6.45, 7) is 0.0307. The third kappa shape index (κ3) is 8.40. The molecule has 1 rings (SSSR count). The number of carbonyl (C=O) groups is 5. The van der Waals surface area contributed by atoms with Gasteiger partial charge < -0.3 is 42.3 Å². The van der Waals surface area contributed by atoms with Crippen LogP contribution in [0.2, 0.25) is 0 Å². The smallest absolute Gasteiger partial charge is 0.326 e. The minimum Gasteiger partial charge on any atom is -0.481 e. The lowest BCUT2D eigenvalue weighted by Crippen LogP contribution is -2.57. The van der Waals surface area contributed by atoms with Gasteiger partial charge in [-0.3, -0.25) is 19.2 Å². The molecule has 1 aliphatic rings. The summed E-state index contributed by atoms with van der Waals surface area (Å²) in [5.74, 6) is -4.50. The molecule has 0 aromatic heterocycles. The topological polar surface area (TPSA) is 225 Å². The summed E-state index contributed by atoms with van der Waals surface area (Å²) in [5, 5.41) is 31.9. The largest absolute Gasteiger partial charge is 0.481 e. The van der Waals surface area contributed by atoms with Crippen molar-refractivity contribution in [1.82, 2.24) is 15.5 Å². The minimum atomic E-state index is -1.40. The van der Waals surface area contributed by atoms with E-state index in [2.05, 4.69) is 10.6 Å². The fourth-order valence-corrected chi connectivity index (χ4v) is 3.41. The van der Waals surface area contributed by atoms with Gasteiger partial charge >= 0.3 is 11.9 Å². The van der Waals surface area contributed by atoms with Gasteiger partial charge in [-0.05, 0) is 45.1 Å². The minimum absolute atomic E-state index is 0.235. The molecule has 4 unspecified atom stereocenters. The third-order valence-electron chi connectivity index (χ3n) is 5.19. The van der Waals surface area contributed by atoms with E-state index in [4.69, 9.17) is 21.7 Å². The lowest BCUT2D eigenvalue weighted by Gasteiger charge is -2.30. The first kappa shape index (κ1) is 27.3. The van der Waals surface area contributed by atoms with Crippen LogP contribution in [0.4, 0.5) is 0 Å². The molecule has 3 amide bonds. The van der Waals surface area contributed by atoms with Gasteiger partial charge in [0.1, 0.15) is 24.2 Å². The van der Waals surface area contributed by atoms with Crippen molar-refractivity contribution in [2.45, 2.75) is 69.1 Å². The predicted octanol–water partition coefficient (Wildman–Crippen LogP) is -2.65. The lowest BCUT2D eigenvalue weighted by atomic mass is 10.1. The third-order valence-corrected chi connectivity index (χ3v) is 5.19. The monoisotopic (exact) mass is 459 g/mol. The van der Waals surface area contributed by atoms with Gasteiger partial charge in [0.2, 0.25) is 17.7 Å². The Labute approximate surface area is 185 Å². The number of carboxylic acids is 2. The molecule has 13 heteroatoms. The predicted molar refractivity (Wildman–Crippen MR) is 111 cm³/mol. The summed E-state index contributed by atoms with van der Waals surface area (Å²) >= 11 is 0. The number of unbranched alkanes of at least 4 members (excludes halogenated alkanes) is 1. The number of nitrogens with zero attached hydrogens (tertiary/aromatic N) is 1. The molecule has 0 aliphatic carbocycles. The van der Waals surface area contributed by atoms with Crippen LogP contribution >= 0.6 is 0 Å². The molecular weight excluding hydrogens is 426 g/mol. The second-order valence-electron chi connectivity index (χ2n) is 7.66. The second-order valence-corrected chi connectivity index (χ2v) is 7.66. The first-order chi connectivity index (χ1) is 15.1. The van der Waals surface area contributed by atoms with E-state index in [1.165, 1.54) is 4.90 Å². The molecule has 0 spiro atoms. The maximum absolute atomic E-state index is 13.1. The zero-order chi connectivity index (χ0) is 24.3. The number of nitrogens with one attached hydrogen (secondary N) is 2. The molecule has 1 aliphatic heterocycles. The van der Waals surface area contributed by atoms with E-state index >= 15 is 0 Å². The van der Waals surface area contributed by atoms with Crippen LogP contribution in [0.5, 0.6) is 0 Å². The zero-order valence-electron chi connectivity index (χ0n) is 17.9. The quantitative estimate of drug-likeness (QED) is 0.133. The molecule has 1 heterocycles. The van der Waals surface area contributed by atoms with E-state index in [-0.39, 0.29) is 19.4 Å². The van der Waals surface area contributed by atoms with Crippen LogP contribution in [0.1, 0.15) is 44.9 Å². The summed E-state index contributed by atoms with van der Waals surface area (Å²) in [7, 11) is 0. The summed E-state index contributed by atoms with van der Waals surface area (Å²) in [6.07, 6.45) is 1.45. The number of rotatable bonds is 14. The lowest BCUT2D eigenvalue weighted by molar-refractivity contribution is -0.145. The Balaban J connectivity index is 2.91. The summed E-state index contributed by atoms with van der Waals surface area (Å²) in [4.78, 5) is 61.3. The van der Waals surface area contributed by atoms with Crippen molar-refractivity contribution in [2.24, 2.45) is 11.5 Å². The van der Waals surface area contributed by atoms with E-state index in [1.807, 2.05) is 0 Å². The van der Waals surface area contributed by atoms with E-state index in [1.54, 1.807) is 0 Å². The van der Waals surface area contributed by atoms with Crippen LogP contribution < -0.4 is 22.1 Å². The van der Waals surface area contributed by atoms with Crippen LogP contribution in [-0.4, -0.2) is 93.7 Å². The number of nitrogens with two attached hydrogens (primary N) is 2. The van der Waals surface area contributed by atoms with Crippen molar-refractivity contribution >= 4 is 29.7 Å². The van der Waals surface area contributed by atoms with Crippen LogP contribution in [0.3, 0.4) is 0 Å². The van der Waals surface area contributed by atoms with Gasteiger partial charge in [-0.25, -0.2) is 4.79 Å². The highest BCUT2D eigenvalue weighted by Crippen LogP contribution is 2.20. The van der Waals surface area contributed by atoms with E-state index in [0.717, 1.165) is 0 Å². The van der Waals surface area contributed by atoms with Gasteiger partial charge in [0.25, 0.3) is 0 Å². The fraction of sp³-hybridized carbons (Fsp3) is 0.737. The molecule has 0 aromatic rings. The highest BCUT2D eigenvalue weighted by atomic mass is 16.4. The first-order valence-electron chi connectivity index (χ1n) is 10.5. The molecule has 9 N–H and O–H groups in total. The Morgan fingerprint density at radius 3 is 2.28 bits per heavy atom. The summed E-state index contributed by atoms with van der Waals surface area (Å²) in [6, 6.07) is -4.54. The van der Waals surface area contributed by atoms with Crippen LogP contribution in [0.25, 0.3) is 0 Å². The van der Waals surface area contributed by atoms with E-state index in [0.29, 0.717) is 32.2 Å². The molecule has 13 nitrogen and oxygen atoms in total.